The fourth-order valence-corrected chi connectivity index (χ4v) is 4.06. The fraction of sp³-hybridized carbons (Fsp3) is 0.192. The van der Waals surface area contributed by atoms with Crippen LogP contribution in [0.15, 0.2) is 77.2 Å². The Morgan fingerprint density at radius 3 is 2.33 bits per heavy atom. The smallest absolute Gasteiger partial charge is 0.253 e. The summed E-state index contributed by atoms with van der Waals surface area (Å²) in [5, 5.41) is 2.96. The van der Waals surface area contributed by atoms with Crippen molar-refractivity contribution < 1.29 is 18.4 Å². The summed E-state index contributed by atoms with van der Waals surface area (Å²) in [4.78, 5) is 31.5. The minimum atomic E-state index is -0.371. The number of fused-ring (bicyclic) bond motifs is 1. The van der Waals surface area contributed by atoms with E-state index < -0.39 is 0 Å². The number of amides is 2. The first kappa shape index (κ1) is 20.9. The van der Waals surface area contributed by atoms with Gasteiger partial charge in [-0.25, -0.2) is 9.37 Å². The third-order valence-corrected chi connectivity index (χ3v) is 5.94. The van der Waals surface area contributed by atoms with Gasteiger partial charge in [-0.15, -0.1) is 0 Å². The number of rotatable bonds is 4. The molecule has 0 atom stereocenters. The molecule has 33 heavy (non-hydrogen) atoms. The minimum absolute atomic E-state index is 0.0570. The summed E-state index contributed by atoms with van der Waals surface area (Å²) in [6.45, 7) is 0.982. The molecule has 6 nitrogen and oxygen atoms in total. The third kappa shape index (κ3) is 4.48. The second kappa shape index (κ2) is 8.86. The van der Waals surface area contributed by atoms with E-state index in [-0.39, 0.29) is 23.5 Å². The summed E-state index contributed by atoms with van der Waals surface area (Å²) in [5.41, 5.74) is 3.52. The molecular weight excluding hydrogens is 421 g/mol. The molecule has 1 N–H and O–H groups in total. The number of aromatic nitrogens is 1. The maximum absolute atomic E-state index is 13.1. The molecule has 2 amide bonds. The van der Waals surface area contributed by atoms with E-state index in [0.29, 0.717) is 43.1 Å². The SMILES string of the molecule is O=C(Nc1ccc(-c2nc3ccccc3o2)cc1)C1CCN(C(=O)c2ccc(F)cc2)CC1. The molecule has 0 spiro atoms. The molecule has 0 unspecified atom stereocenters. The lowest BCUT2D eigenvalue weighted by atomic mass is 9.95. The van der Waals surface area contributed by atoms with Crippen LogP contribution in [0.3, 0.4) is 0 Å². The van der Waals surface area contributed by atoms with Crippen molar-refractivity contribution in [3.8, 4) is 11.5 Å². The van der Waals surface area contributed by atoms with Crippen molar-refractivity contribution in [3.05, 3.63) is 84.2 Å². The first-order valence-electron chi connectivity index (χ1n) is 10.9. The number of oxazole rings is 1. The van der Waals surface area contributed by atoms with Crippen LogP contribution in [-0.2, 0) is 4.79 Å². The molecule has 4 aromatic rings. The lowest BCUT2D eigenvalue weighted by Gasteiger charge is -2.31. The monoisotopic (exact) mass is 443 g/mol. The van der Waals surface area contributed by atoms with Gasteiger partial charge in [-0.2, -0.15) is 0 Å². The first-order valence-corrected chi connectivity index (χ1v) is 10.9. The van der Waals surface area contributed by atoms with Gasteiger partial charge in [0.25, 0.3) is 5.91 Å². The lowest BCUT2D eigenvalue weighted by molar-refractivity contribution is -0.121. The van der Waals surface area contributed by atoms with Crippen LogP contribution in [0.25, 0.3) is 22.6 Å². The summed E-state index contributed by atoms with van der Waals surface area (Å²) in [5.74, 6) is -0.197. The number of carbonyl (C=O) groups excluding carboxylic acids is 2. The molecule has 7 heteroatoms. The molecule has 0 radical (unpaired) electrons. The minimum Gasteiger partial charge on any atom is -0.436 e. The molecule has 1 aliphatic rings. The predicted molar refractivity (Wildman–Crippen MR) is 123 cm³/mol. The predicted octanol–water partition coefficient (Wildman–Crippen LogP) is 5.12. The van der Waals surface area contributed by atoms with Crippen molar-refractivity contribution >= 4 is 28.6 Å². The van der Waals surface area contributed by atoms with Crippen LogP contribution < -0.4 is 5.32 Å². The first-order chi connectivity index (χ1) is 16.1. The van der Waals surface area contributed by atoms with E-state index in [1.807, 2.05) is 48.5 Å². The van der Waals surface area contributed by atoms with E-state index in [2.05, 4.69) is 10.3 Å². The van der Waals surface area contributed by atoms with Crippen molar-refractivity contribution in [2.75, 3.05) is 18.4 Å². The normalized spacial score (nSPS) is 14.4. The highest BCUT2D eigenvalue weighted by Gasteiger charge is 2.28. The van der Waals surface area contributed by atoms with E-state index in [1.165, 1.54) is 24.3 Å². The van der Waals surface area contributed by atoms with E-state index >= 15 is 0 Å². The fourth-order valence-electron chi connectivity index (χ4n) is 4.06. The number of anilines is 1. The quantitative estimate of drug-likeness (QED) is 0.475. The Hall–Kier alpha value is -4.00. The highest BCUT2D eigenvalue weighted by Crippen LogP contribution is 2.26. The van der Waals surface area contributed by atoms with Crippen molar-refractivity contribution in [2.45, 2.75) is 12.8 Å². The van der Waals surface area contributed by atoms with Gasteiger partial charge in [0.1, 0.15) is 11.3 Å². The number of para-hydroxylation sites is 2. The van der Waals surface area contributed by atoms with Crippen LogP contribution in [0.2, 0.25) is 0 Å². The molecule has 3 aromatic carbocycles. The second-order valence-electron chi connectivity index (χ2n) is 8.13. The van der Waals surface area contributed by atoms with Crippen LogP contribution in [0, 0.1) is 11.7 Å². The van der Waals surface area contributed by atoms with Gasteiger partial charge >= 0.3 is 0 Å². The van der Waals surface area contributed by atoms with Crippen molar-refractivity contribution in [2.24, 2.45) is 5.92 Å². The Bertz CT molecular complexity index is 1260. The Labute approximate surface area is 190 Å². The number of hydrogen-bond donors (Lipinski definition) is 1. The van der Waals surface area contributed by atoms with Crippen molar-refractivity contribution in [3.63, 3.8) is 0 Å². The van der Waals surface area contributed by atoms with Gasteiger partial charge in [-0.3, -0.25) is 9.59 Å². The molecule has 1 aliphatic heterocycles. The zero-order chi connectivity index (χ0) is 22.8. The van der Waals surface area contributed by atoms with E-state index in [4.69, 9.17) is 4.42 Å². The maximum atomic E-state index is 13.1. The highest BCUT2D eigenvalue weighted by molar-refractivity contribution is 5.95. The average Bonchev–Trinajstić information content (AvgIpc) is 3.29. The van der Waals surface area contributed by atoms with Gasteiger partial charge in [0.05, 0.1) is 0 Å². The molecule has 0 aliphatic carbocycles. The molecule has 5 rings (SSSR count). The van der Waals surface area contributed by atoms with Gasteiger partial charge < -0.3 is 14.6 Å². The van der Waals surface area contributed by atoms with E-state index in [0.717, 1.165) is 16.7 Å². The van der Waals surface area contributed by atoms with Gasteiger partial charge in [0.15, 0.2) is 5.58 Å². The maximum Gasteiger partial charge on any atom is 0.253 e. The van der Waals surface area contributed by atoms with Gasteiger partial charge in [0.2, 0.25) is 11.8 Å². The summed E-state index contributed by atoms with van der Waals surface area (Å²) in [6.07, 6.45) is 1.17. The Kier molecular flexibility index (Phi) is 5.60. The van der Waals surface area contributed by atoms with Crippen molar-refractivity contribution in [1.82, 2.24) is 9.88 Å². The number of benzene rings is 3. The molecule has 166 valence electrons. The summed E-state index contributed by atoms with van der Waals surface area (Å²) in [7, 11) is 0. The molecule has 1 aromatic heterocycles. The number of piperidine rings is 1. The molecule has 2 heterocycles. The number of hydrogen-bond acceptors (Lipinski definition) is 4. The summed E-state index contributed by atoms with van der Waals surface area (Å²) < 4.78 is 18.9. The highest BCUT2D eigenvalue weighted by atomic mass is 19.1. The zero-order valence-electron chi connectivity index (χ0n) is 17.8. The largest absolute Gasteiger partial charge is 0.436 e. The Balaban J connectivity index is 1.17. The number of nitrogens with one attached hydrogen (secondary N) is 1. The topological polar surface area (TPSA) is 75.4 Å². The second-order valence-corrected chi connectivity index (χ2v) is 8.13. The van der Waals surface area contributed by atoms with E-state index in [9.17, 15) is 14.0 Å². The van der Waals surface area contributed by atoms with Crippen LogP contribution >= 0.6 is 0 Å². The number of likely N-dealkylation sites (tertiary alicyclic amines) is 1. The van der Waals surface area contributed by atoms with Crippen LogP contribution in [-0.4, -0.2) is 34.8 Å². The van der Waals surface area contributed by atoms with Gasteiger partial charge in [0, 0.05) is 35.8 Å². The lowest BCUT2D eigenvalue weighted by Crippen LogP contribution is -2.41. The number of halogens is 1. The summed E-state index contributed by atoms with van der Waals surface area (Å²) >= 11 is 0. The standard InChI is InChI=1S/C26H22FN3O3/c27-20-9-5-19(6-10-20)26(32)30-15-13-17(14-16-30)24(31)28-21-11-7-18(8-12-21)25-29-22-3-1-2-4-23(22)33-25/h1-12,17H,13-16H2,(H,28,31). The molecule has 1 fully saturated rings. The average molecular weight is 443 g/mol. The molecule has 0 saturated carbocycles. The summed E-state index contributed by atoms with van der Waals surface area (Å²) in [6, 6.07) is 20.5. The molecular formula is C26H22FN3O3. The van der Waals surface area contributed by atoms with Crippen LogP contribution in [0.5, 0.6) is 0 Å². The number of carbonyl (C=O) groups is 2. The number of nitrogens with zero attached hydrogens (tertiary/aromatic N) is 2. The third-order valence-electron chi connectivity index (χ3n) is 5.94. The Morgan fingerprint density at radius 1 is 0.939 bits per heavy atom. The Morgan fingerprint density at radius 2 is 1.64 bits per heavy atom. The van der Waals surface area contributed by atoms with Crippen LogP contribution in [0.1, 0.15) is 23.2 Å². The van der Waals surface area contributed by atoms with E-state index in [1.54, 1.807) is 4.90 Å². The molecule has 1 saturated heterocycles. The van der Waals surface area contributed by atoms with Gasteiger partial charge in [-0.05, 0) is 73.5 Å². The van der Waals surface area contributed by atoms with Gasteiger partial charge in [-0.1, -0.05) is 12.1 Å². The van der Waals surface area contributed by atoms with Crippen molar-refractivity contribution in [1.29, 1.82) is 0 Å². The van der Waals surface area contributed by atoms with Crippen LogP contribution in [0.4, 0.5) is 10.1 Å². The molecule has 0 bridgehead atoms. The zero-order valence-corrected chi connectivity index (χ0v) is 17.8.